The first kappa shape index (κ1) is 26.8. The molecule has 3 heterocycles. The Hall–Kier alpha value is -3.76. The molecule has 0 fully saturated rings. The number of nitrogens with one attached hydrogen (secondary N) is 1. The fourth-order valence-corrected chi connectivity index (χ4v) is 4.95. The Morgan fingerprint density at radius 3 is 2.67 bits per heavy atom. The molecular formula is C28H22ClF5N4O. The van der Waals surface area contributed by atoms with Gasteiger partial charge < -0.3 is 5.32 Å². The van der Waals surface area contributed by atoms with Crippen molar-refractivity contribution in [3.63, 3.8) is 0 Å². The predicted molar refractivity (Wildman–Crippen MR) is 138 cm³/mol. The summed E-state index contributed by atoms with van der Waals surface area (Å²) >= 11 is 5.92. The fourth-order valence-electron chi connectivity index (χ4n) is 4.75. The summed E-state index contributed by atoms with van der Waals surface area (Å²) in [5.41, 5.74) is 1.80. The molecule has 39 heavy (non-hydrogen) atoms. The zero-order valence-corrected chi connectivity index (χ0v) is 21.2. The average molecular weight is 561 g/mol. The van der Waals surface area contributed by atoms with Gasteiger partial charge >= 0.3 is 12.2 Å². The highest BCUT2D eigenvalue weighted by molar-refractivity contribution is 6.29. The highest BCUT2D eigenvalue weighted by Gasteiger charge is 2.33. The van der Waals surface area contributed by atoms with E-state index in [1.807, 2.05) is 4.90 Å². The van der Waals surface area contributed by atoms with Gasteiger partial charge in [-0.25, -0.2) is 18.6 Å². The molecule has 5 nitrogen and oxygen atoms in total. The molecule has 1 aliphatic heterocycles. The molecule has 4 aromatic rings. The quantitative estimate of drug-likeness (QED) is 0.215. The van der Waals surface area contributed by atoms with E-state index in [-0.39, 0.29) is 17.3 Å². The van der Waals surface area contributed by atoms with Crippen molar-refractivity contribution in [2.45, 2.75) is 25.7 Å². The lowest BCUT2D eigenvalue weighted by molar-refractivity contribution is -0.137. The highest BCUT2D eigenvalue weighted by Crippen LogP contribution is 2.36. The smallest absolute Gasteiger partial charge is 0.333 e. The molecule has 0 atom stereocenters. The number of halogens is 6. The maximum Gasteiger partial charge on any atom is 0.416 e. The Balaban J connectivity index is 1.43. The van der Waals surface area contributed by atoms with Crippen molar-refractivity contribution in [3.8, 4) is 0 Å². The third-order valence-corrected chi connectivity index (χ3v) is 6.82. The van der Waals surface area contributed by atoms with E-state index < -0.39 is 29.4 Å². The number of carbonyl (C=O) groups is 1. The number of aromatic nitrogens is 2. The molecule has 1 N–H and O–H groups in total. The standard InChI is InChI=1S/C28H22ClF5N4O/c29-26-12-17(7-9-35-26)15-36-27(39)38-24-6-4-19(28(32,33)34)13-21(24)22-16-37(11-8-25(22)38)10-1-2-18-3-5-20(30)14-23(18)31/h1-7,9,12-14H,8,10-11,15-16H2,(H,36,39)/b2-1+. The number of carbonyl (C=O) groups excluding carboxylic acids is 1. The first-order valence-corrected chi connectivity index (χ1v) is 12.4. The second kappa shape index (κ2) is 10.8. The molecule has 2 aromatic carbocycles. The minimum atomic E-state index is -4.54. The van der Waals surface area contributed by atoms with Crippen molar-refractivity contribution in [1.29, 1.82) is 0 Å². The molecule has 0 bridgehead atoms. The Morgan fingerprint density at radius 2 is 1.92 bits per heavy atom. The minimum Gasteiger partial charge on any atom is -0.333 e. The van der Waals surface area contributed by atoms with Crippen LogP contribution in [0.15, 0.2) is 60.8 Å². The van der Waals surface area contributed by atoms with Gasteiger partial charge in [-0.05, 0) is 53.6 Å². The molecule has 0 saturated heterocycles. The van der Waals surface area contributed by atoms with E-state index in [0.717, 1.165) is 29.8 Å². The van der Waals surface area contributed by atoms with Crippen LogP contribution in [0.4, 0.5) is 26.7 Å². The van der Waals surface area contributed by atoms with E-state index in [4.69, 9.17) is 11.6 Å². The number of alkyl halides is 3. The molecule has 0 radical (unpaired) electrons. The molecule has 1 amide bonds. The molecule has 2 aromatic heterocycles. The van der Waals surface area contributed by atoms with Gasteiger partial charge in [-0.3, -0.25) is 9.47 Å². The summed E-state index contributed by atoms with van der Waals surface area (Å²) in [7, 11) is 0. The Morgan fingerprint density at radius 1 is 1.10 bits per heavy atom. The van der Waals surface area contributed by atoms with Gasteiger partial charge in [0.2, 0.25) is 0 Å². The third-order valence-electron chi connectivity index (χ3n) is 6.62. The van der Waals surface area contributed by atoms with Gasteiger partial charge in [-0.2, -0.15) is 13.2 Å². The highest BCUT2D eigenvalue weighted by atomic mass is 35.5. The van der Waals surface area contributed by atoms with Crippen molar-refractivity contribution in [3.05, 3.63) is 106 Å². The third kappa shape index (κ3) is 5.81. The van der Waals surface area contributed by atoms with Crippen LogP contribution in [-0.4, -0.2) is 33.6 Å². The van der Waals surface area contributed by atoms with E-state index in [9.17, 15) is 26.7 Å². The van der Waals surface area contributed by atoms with Crippen LogP contribution in [0.5, 0.6) is 0 Å². The summed E-state index contributed by atoms with van der Waals surface area (Å²) in [6, 6.07) is 9.52. The van der Waals surface area contributed by atoms with Gasteiger partial charge in [-0.1, -0.05) is 23.8 Å². The normalized spacial score (nSPS) is 14.2. The van der Waals surface area contributed by atoms with Crippen molar-refractivity contribution in [2.75, 3.05) is 13.1 Å². The van der Waals surface area contributed by atoms with Gasteiger partial charge in [0.25, 0.3) is 0 Å². The van der Waals surface area contributed by atoms with E-state index >= 15 is 0 Å². The maximum absolute atomic E-state index is 13.9. The summed E-state index contributed by atoms with van der Waals surface area (Å²) < 4.78 is 69.2. The van der Waals surface area contributed by atoms with Gasteiger partial charge in [-0.15, -0.1) is 0 Å². The lowest BCUT2D eigenvalue weighted by atomic mass is 10.0. The lowest BCUT2D eigenvalue weighted by Gasteiger charge is -2.27. The molecule has 5 rings (SSSR count). The van der Waals surface area contributed by atoms with Crippen LogP contribution in [0.3, 0.4) is 0 Å². The van der Waals surface area contributed by atoms with Gasteiger partial charge in [0.1, 0.15) is 16.8 Å². The molecule has 0 aliphatic carbocycles. The number of hydrogen-bond donors (Lipinski definition) is 1. The van der Waals surface area contributed by atoms with Crippen LogP contribution in [0.1, 0.15) is 27.9 Å². The number of fused-ring (bicyclic) bond motifs is 3. The van der Waals surface area contributed by atoms with E-state index in [1.165, 1.54) is 29.0 Å². The zero-order valence-electron chi connectivity index (χ0n) is 20.4. The van der Waals surface area contributed by atoms with E-state index in [1.54, 1.807) is 18.2 Å². The van der Waals surface area contributed by atoms with Crippen LogP contribution in [0, 0.1) is 11.6 Å². The van der Waals surface area contributed by atoms with Crippen molar-refractivity contribution in [1.82, 2.24) is 19.8 Å². The number of rotatable bonds is 5. The van der Waals surface area contributed by atoms with Crippen LogP contribution >= 0.6 is 11.6 Å². The predicted octanol–water partition coefficient (Wildman–Crippen LogP) is 6.82. The van der Waals surface area contributed by atoms with Crippen molar-refractivity contribution >= 4 is 34.6 Å². The average Bonchev–Trinajstić information content (AvgIpc) is 3.21. The van der Waals surface area contributed by atoms with Crippen LogP contribution in [0.25, 0.3) is 17.0 Å². The van der Waals surface area contributed by atoms with E-state index in [0.29, 0.717) is 48.2 Å². The van der Waals surface area contributed by atoms with E-state index in [2.05, 4.69) is 10.3 Å². The monoisotopic (exact) mass is 560 g/mol. The summed E-state index contributed by atoms with van der Waals surface area (Å²) in [6.45, 7) is 1.37. The Kier molecular flexibility index (Phi) is 7.42. The first-order valence-electron chi connectivity index (χ1n) is 12.1. The van der Waals surface area contributed by atoms with Crippen molar-refractivity contribution in [2.24, 2.45) is 0 Å². The zero-order chi connectivity index (χ0) is 27.7. The Bertz CT molecular complexity index is 1580. The van der Waals surface area contributed by atoms with Gasteiger partial charge in [0.15, 0.2) is 0 Å². The number of benzene rings is 2. The van der Waals surface area contributed by atoms with Crippen LogP contribution < -0.4 is 5.32 Å². The SMILES string of the molecule is O=C(NCc1ccnc(Cl)c1)n1c2c(c3cc(C(F)(F)F)ccc31)CN(C/C=C/c1ccc(F)cc1F)CC2. The van der Waals surface area contributed by atoms with Crippen LogP contribution in [0.2, 0.25) is 5.15 Å². The molecule has 0 saturated carbocycles. The number of nitrogens with zero attached hydrogens (tertiary/aromatic N) is 3. The Labute approximate surface area is 225 Å². The molecule has 0 unspecified atom stereocenters. The molecule has 202 valence electrons. The van der Waals surface area contributed by atoms with Gasteiger partial charge in [0, 0.05) is 61.5 Å². The lowest BCUT2D eigenvalue weighted by Crippen LogP contribution is -2.34. The number of hydrogen-bond acceptors (Lipinski definition) is 3. The van der Waals surface area contributed by atoms with Crippen LogP contribution in [-0.2, 0) is 25.7 Å². The largest absolute Gasteiger partial charge is 0.416 e. The summed E-state index contributed by atoms with van der Waals surface area (Å²) in [5, 5.41) is 3.44. The van der Waals surface area contributed by atoms with Crippen molar-refractivity contribution < 1.29 is 26.7 Å². The molecule has 1 aliphatic rings. The number of amides is 1. The second-order valence-corrected chi connectivity index (χ2v) is 9.58. The molecular weight excluding hydrogens is 539 g/mol. The summed E-state index contributed by atoms with van der Waals surface area (Å²) in [6.07, 6.45) is 0.645. The molecule has 11 heteroatoms. The fraction of sp³-hybridized carbons (Fsp3) is 0.214. The maximum atomic E-state index is 13.9. The summed E-state index contributed by atoms with van der Waals surface area (Å²) in [5.74, 6) is -1.36. The van der Waals surface area contributed by atoms with Gasteiger partial charge in [0.05, 0.1) is 11.1 Å². The first-order chi connectivity index (χ1) is 18.6. The second-order valence-electron chi connectivity index (χ2n) is 9.19. The topological polar surface area (TPSA) is 50.2 Å². The summed E-state index contributed by atoms with van der Waals surface area (Å²) in [4.78, 5) is 19.2. The molecule has 0 spiro atoms. The number of pyridine rings is 1. The minimum absolute atomic E-state index is 0.160.